The SMILES string of the molecule is CC(C)CN1CCN(C(=O)C2(S(=O)(=O)c3ccc(Cl)cc3)CCCC2)CC1. The van der Waals surface area contributed by atoms with Gasteiger partial charge in [0.15, 0.2) is 14.6 Å². The van der Waals surface area contributed by atoms with E-state index in [2.05, 4.69) is 18.7 Å². The van der Waals surface area contributed by atoms with E-state index in [1.165, 1.54) is 12.1 Å². The number of carbonyl (C=O) groups is 1. The van der Waals surface area contributed by atoms with E-state index >= 15 is 0 Å². The van der Waals surface area contributed by atoms with Crippen LogP contribution in [0.4, 0.5) is 0 Å². The molecule has 150 valence electrons. The van der Waals surface area contributed by atoms with Gasteiger partial charge in [-0.3, -0.25) is 9.69 Å². The average molecular weight is 413 g/mol. The van der Waals surface area contributed by atoms with Crippen LogP contribution in [0.2, 0.25) is 5.02 Å². The van der Waals surface area contributed by atoms with Crippen molar-refractivity contribution in [3.05, 3.63) is 29.3 Å². The molecular formula is C20H29ClN2O3S. The molecule has 2 aliphatic rings. The first-order chi connectivity index (χ1) is 12.8. The lowest BCUT2D eigenvalue weighted by Crippen LogP contribution is -2.57. The van der Waals surface area contributed by atoms with E-state index in [0.717, 1.165) is 32.5 Å². The summed E-state index contributed by atoms with van der Waals surface area (Å²) in [6.07, 6.45) is 2.35. The normalized spacial score (nSPS) is 21.0. The molecule has 1 saturated carbocycles. The minimum absolute atomic E-state index is 0.195. The molecule has 0 radical (unpaired) electrons. The van der Waals surface area contributed by atoms with Crippen molar-refractivity contribution < 1.29 is 13.2 Å². The summed E-state index contributed by atoms with van der Waals surface area (Å²) in [5.74, 6) is 0.373. The van der Waals surface area contributed by atoms with Gasteiger partial charge in [0.05, 0.1) is 4.90 Å². The smallest absolute Gasteiger partial charge is 0.244 e. The van der Waals surface area contributed by atoms with Gasteiger partial charge in [0.1, 0.15) is 0 Å². The quantitative estimate of drug-likeness (QED) is 0.745. The Balaban J connectivity index is 1.82. The number of hydrogen-bond donors (Lipinski definition) is 0. The van der Waals surface area contributed by atoms with Crippen LogP contribution in [-0.4, -0.2) is 61.6 Å². The maximum absolute atomic E-state index is 13.5. The molecule has 2 fully saturated rings. The highest BCUT2D eigenvalue weighted by molar-refractivity contribution is 7.93. The highest BCUT2D eigenvalue weighted by atomic mass is 35.5. The molecule has 7 heteroatoms. The molecule has 3 rings (SSSR count). The monoisotopic (exact) mass is 412 g/mol. The fourth-order valence-corrected chi connectivity index (χ4v) is 6.58. The van der Waals surface area contributed by atoms with Gasteiger partial charge in [-0.1, -0.05) is 38.3 Å². The number of carbonyl (C=O) groups excluding carboxylic acids is 1. The first-order valence-corrected chi connectivity index (χ1v) is 11.6. The number of amides is 1. The van der Waals surface area contributed by atoms with Gasteiger partial charge < -0.3 is 4.90 Å². The van der Waals surface area contributed by atoms with Crippen molar-refractivity contribution in [1.29, 1.82) is 0 Å². The van der Waals surface area contributed by atoms with Crippen molar-refractivity contribution in [2.75, 3.05) is 32.7 Å². The Hall–Kier alpha value is -1.11. The molecule has 1 amide bonds. The van der Waals surface area contributed by atoms with Crippen LogP contribution in [0.25, 0.3) is 0 Å². The van der Waals surface area contributed by atoms with Crippen LogP contribution in [0.5, 0.6) is 0 Å². The highest BCUT2D eigenvalue weighted by Crippen LogP contribution is 2.42. The standard InChI is InChI=1S/C20H29ClN2O3S/c1-16(2)15-22-11-13-23(14-12-22)19(24)20(9-3-4-10-20)27(25,26)18-7-5-17(21)6-8-18/h5-8,16H,3-4,9-15H2,1-2H3. The summed E-state index contributed by atoms with van der Waals surface area (Å²) in [5.41, 5.74) is 0. The van der Waals surface area contributed by atoms with Gasteiger partial charge in [0, 0.05) is 37.7 Å². The van der Waals surface area contributed by atoms with Crippen LogP contribution in [0.15, 0.2) is 29.2 Å². The fraction of sp³-hybridized carbons (Fsp3) is 0.650. The van der Waals surface area contributed by atoms with E-state index in [4.69, 9.17) is 11.6 Å². The van der Waals surface area contributed by atoms with Gasteiger partial charge in [-0.15, -0.1) is 0 Å². The Morgan fingerprint density at radius 3 is 2.15 bits per heavy atom. The Bertz CT molecular complexity index is 763. The zero-order chi connectivity index (χ0) is 19.7. The van der Waals surface area contributed by atoms with Crippen LogP contribution < -0.4 is 0 Å². The summed E-state index contributed by atoms with van der Waals surface area (Å²) in [6.45, 7) is 8.19. The Kier molecular flexibility index (Phi) is 6.18. The van der Waals surface area contributed by atoms with Crippen LogP contribution in [-0.2, 0) is 14.6 Å². The number of hydrogen-bond acceptors (Lipinski definition) is 4. The Morgan fingerprint density at radius 1 is 1.07 bits per heavy atom. The molecule has 5 nitrogen and oxygen atoms in total. The van der Waals surface area contributed by atoms with E-state index in [1.807, 2.05) is 0 Å². The molecule has 0 atom stereocenters. The number of sulfone groups is 1. The number of halogens is 1. The second-order valence-corrected chi connectivity index (χ2v) is 10.8. The van der Waals surface area contributed by atoms with Crippen molar-refractivity contribution >= 4 is 27.3 Å². The van der Waals surface area contributed by atoms with E-state index in [1.54, 1.807) is 17.0 Å². The number of piperazine rings is 1. The van der Waals surface area contributed by atoms with E-state index < -0.39 is 14.6 Å². The summed E-state index contributed by atoms with van der Waals surface area (Å²) < 4.78 is 25.6. The second kappa shape index (κ2) is 8.10. The summed E-state index contributed by atoms with van der Waals surface area (Å²) in [6, 6.07) is 6.19. The molecule has 1 aliphatic heterocycles. The van der Waals surface area contributed by atoms with Crippen LogP contribution in [0.1, 0.15) is 39.5 Å². The van der Waals surface area contributed by atoms with E-state index in [9.17, 15) is 13.2 Å². The van der Waals surface area contributed by atoms with Gasteiger partial charge in [-0.2, -0.15) is 0 Å². The Morgan fingerprint density at radius 2 is 1.63 bits per heavy atom. The predicted octanol–water partition coefficient (Wildman–Crippen LogP) is 3.23. The molecule has 0 spiro atoms. The Labute approximate surface area is 167 Å². The van der Waals surface area contributed by atoms with Crippen molar-refractivity contribution in [2.45, 2.75) is 49.2 Å². The van der Waals surface area contributed by atoms with Crippen molar-refractivity contribution in [3.63, 3.8) is 0 Å². The van der Waals surface area contributed by atoms with Gasteiger partial charge in [-0.25, -0.2) is 8.42 Å². The first kappa shape index (κ1) is 20.6. The highest BCUT2D eigenvalue weighted by Gasteiger charge is 2.54. The lowest BCUT2D eigenvalue weighted by atomic mass is 10.0. The minimum Gasteiger partial charge on any atom is -0.339 e. The number of nitrogens with zero attached hydrogens (tertiary/aromatic N) is 2. The molecule has 0 aromatic heterocycles. The number of rotatable bonds is 5. The predicted molar refractivity (Wildman–Crippen MR) is 108 cm³/mol. The summed E-state index contributed by atoms with van der Waals surface area (Å²) in [4.78, 5) is 17.8. The first-order valence-electron chi connectivity index (χ1n) is 9.78. The lowest BCUT2D eigenvalue weighted by Gasteiger charge is -2.40. The summed E-state index contributed by atoms with van der Waals surface area (Å²) in [7, 11) is -3.76. The molecule has 0 bridgehead atoms. The zero-order valence-electron chi connectivity index (χ0n) is 16.2. The molecular weight excluding hydrogens is 384 g/mol. The molecule has 1 saturated heterocycles. The lowest BCUT2D eigenvalue weighted by molar-refractivity contribution is -0.135. The molecule has 1 aliphatic carbocycles. The minimum atomic E-state index is -3.76. The van der Waals surface area contributed by atoms with Crippen molar-refractivity contribution in [2.24, 2.45) is 5.92 Å². The van der Waals surface area contributed by atoms with Gasteiger partial charge >= 0.3 is 0 Å². The van der Waals surface area contributed by atoms with Crippen LogP contribution in [0.3, 0.4) is 0 Å². The maximum atomic E-state index is 13.5. The third-order valence-electron chi connectivity index (χ3n) is 5.72. The van der Waals surface area contributed by atoms with E-state index in [0.29, 0.717) is 36.9 Å². The van der Waals surface area contributed by atoms with Gasteiger partial charge in [0.2, 0.25) is 5.91 Å². The zero-order valence-corrected chi connectivity index (χ0v) is 17.7. The fourth-order valence-electron chi connectivity index (χ4n) is 4.32. The third kappa shape index (κ3) is 4.03. The van der Waals surface area contributed by atoms with Crippen molar-refractivity contribution in [3.8, 4) is 0 Å². The van der Waals surface area contributed by atoms with Gasteiger partial charge in [-0.05, 0) is 43.0 Å². The van der Waals surface area contributed by atoms with Crippen molar-refractivity contribution in [1.82, 2.24) is 9.80 Å². The molecule has 1 aromatic rings. The molecule has 27 heavy (non-hydrogen) atoms. The molecule has 0 N–H and O–H groups in total. The largest absolute Gasteiger partial charge is 0.339 e. The van der Waals surface area contributed by atoms with E-state index in [-0.39, 0.29) is 10.8 Å². The maximum Gasteiger partial charge on any atom is 0.244 e. The van der Waals surface area contributed by atoms with Crippen LogP contribution in [0, 0.1) is 5.92 Å². The average Bonchev–Trinajstić information content (AvgIpc) is 3.13. The summed E-state index contributed by atoms with van der Waals surface area (Å²) in [5, 5.41) is 0.488. The van der Waals surface area contributed by atoms with Gasteiger partial charge in [0.25, 0.3) is 0 Å². The molecule has 0 unspecified atom stereocenters. The second-order valence-electron chi connectivity index (χ2n) is 8.15. The third-order valence-corrected chi connectivity index (χ3v) is 8.48. The number of benzene rings is 1. The van der Waals surface area contributed by atoms with Crippen LogP contribution >= 0.6 is 11.6 Å². The molecule has 1 heterocycles. The molecule has 1 aromatic carbocycles. The topological polar surface area (TPSA) is 57.7 Å². The summed E-state index contributed by atoms with van der Waals surface area (Å²) >= 11 is 5.92.